The summed E-state index contributed by atoms with van der Waals surface area (Å²) in [6.07, 6.45) is 3.46. The van der Waals surface area contributed by atoms with E-state index in [4.69, 9.17) is 9.47 Å². The zero-order valence-corrected chi connectivity index (χ0v) is 17.1. The van der Waals surface area contributed by atoms with Crippen molar-refractivity contribution in [3.05, 3.63) is 39.6 Å². The Morgan fingerprint density at radius 2 is 1.58 bits per heavy atom. The smallest absolute Gasteiger partial charge is 0.256 e. The molecular formula is C22H31NO3. The van der Waals surface area contributed by atoms with Crippen molar-refractivity contribution in [1.82, 2.24) is 5.32 Å². The molecule has 0 aromatic heterocycles. The van der Waals surface area contributed by atoms with Crippen molar-refractivity contribution in [2.24, 2.45) is 0 Å². The normalized spacial score (nSPS) is 28.7. The number of ether oxygens (including phenoxy) is 2. The van der Waals surface area contributed by atoms with Crippen LogP contribution in [0, 0.1) is 27.7 Å². The minimum atomic E-state index is -0.406. The lowest BCUT2D eigenvalue weighted by Crippen LogP contribution is -2.51. The number of hydrogen-bond donors (Lipinski definition) is 1. The maximum atomic E-state index is 13.1. The van der Waals surface area contributed by atoms with E-state index in [0.717, 1.165) is 48.1 Å². The molecule has 1 fully saturated rings. The number of nitrogens with one attached hydrogen (secondary N) is 1. The molecule has 26 heavy (non-hydrogen) atoms. The monoisotopic (exact) mass is 357 g/mol. The van der Waals surface area contributed by atoms with Gasteiger partial charge in [0.05, 0.1) is 23.8 Å². The second-order valence-electron chi connectivity index (χ2n) is 8.23. The van der Waals surface area contributed by atoms with Gasteiger partial charge in [0.15, 0.2) is 0 Å². The van der Waals surface area contributed by atoms with Crippen LogP contribution in [0.1, 0.15) is 60.4 Å². The number of amides is 1. The van der Waals surface area contributed by atoms with E-state index in [1.54, 1.807) is 14.2 Å². The molecule has 0 unspecified atom stereocenters. The van der Waals surface area contributed by atoms with Gasteiger partial charge in [0, 0.05) is 7.11 Å². The molecule has 142 valence electrons. The van der Waals surface area contributed by atoms with Gasteiger partial charge < -0.3 is 14.8 Å². The van der Waals surface area contributed by atoms with Crippen LogP contribution >= 0.6 is 0 Å². The van der Waals surface area contributed by atoms with Crippen LogP contribution in [0.3, 0.4) is 0 Å². The summed E-state index contributed by atoms with van der Waals surface area (Å²) in [5.74, 6) is 0.785. The van der Waals surface area contributed by atoms with E-state index < -0.39 is 5.54 Å². The fourth-order valence-electron chi connectivity index (χ4n) is 4.63. The number of methoxy groups -OCH3 is 2. The van der Waals surface area contributed by atoms with E-state index in [9.17, 15) is 4.79 Å². The third kappa shape index (κ3) is 2.75. The molecule has 2 aliphatic rings. The van der Waals surface area contributed by atoms with Crippen molar-refractivity contribution in [2.75, 3.05) is 14.2 Å². The highest BCUT2D eigenvalue weighted by molar-refractivity contribution is 6.24. The van der Waals surface area contributed by atoms with Crippen molar-refractivity contribution < 1.29 is 14.3 Å². The summed E-state index contributed by atoms with van der Waals surface area (Å²) < 4.78 is 11.6. The molecule has 1 saturated carbocycles. The van der Waals surface area contributed by atoms with Crippen LogP contribution in [0.2, 0.25) is 0 Å². The standard InChI is InChI=1S/C22H31NO3/c1-13-12-14(2)17(16(4)15(13)3)18-19(25-6)22(23-20(18)24)10-8-21(5,26-7)9-11-22/h12H,8-11H2,1-7H3,(H,23,24). The van der Waals surface area contributed by atoms with E-state index in [1.165, 1.54) is 11.1 Å². The predicted molar refractivity (Wildman–Crippen MR) is 104 cm³/mol. The second-order valence-corrected chi connectivity index (χ2v) is 8.23. The largest absolute Gasteiger partial charge is 0.498 e. The molecule has 1 amide bonds. The van der Waals surface area contributed by atoms with Crippen LogP contribution in [-0.2, 0) is 14.3 Å². The molecule has 1 aliphatic carbocycles. The highest BCUT2D eigenvalue weighted by Crippen LogP contribution is 2.47. The number of aryl methyl sites for hydroxylation is 2. The third-order valence-electron chi connectivity index (χ3n) is 6.71. The van der Waals surface area contributed by atoms with Crippen molar-refractivity contribution in [2.45, 2.75) is 71.4 Å². The number of hydrogen-bond acceptors (Lipinski definition) is 3. The number of carbonyl (C=O) groups excluding carboxylic acids is 1. The molecule has 1 N–H and O–H groups in total. The number of benzene rings is 1. The van der Waals surface area contributed by atoms with Crippen molar-refractivity contribution >= 4 is 11.5 Å². The second kappa shape index (κ2) is 6.41. The molecule has 1 heterocycles. The van der Waals surface area contributed by atoms with Gasteiger partial charge in [-0.25, -0.2) is 0 Å². The highest BCUT2D eigenvalue weighted by Gasteiger charge is 2.51. The van der Waals surface area contributed by atoms with Crippen molar-refractivity contribution in [3.63, 3.8) is 0 Å². The Hall–Kier alpha value is -1.81. The first-order valence-corrected chi connectivity index (χ1v) is 9.42. The van der Waals surface area contributed by atoms with E-state index >= 15 is 0 Å². The van der Waals surface area contributed by atoms with Crippen LogP contribution in [0.25, 0.3) is 5.57 Å². The molecule has 4 heteroatoms. The molecule has 1 spiro atoms. The van der Waals surface area contributed by atoms with Gasteiger partial charge in [-0.3, -0.25) is 4.79 Å². The molecule has 3 rings (SSSR count). The van der Waals surface area contributed by atoms with E-state index in [2.05, 4.69) is 46.0 Å². The number of carbonyl (C=O) groups is 1. The summed E-state index contributed by atoms with van der Waals surface area (Å²) in [4.78, 5) is 13.1. The lowest BCUT2D eigenvalue weighted by atomic mass is 9.73. The summed E-state index contributed by atoms with van der Waals surface area (Å²) in [6.45, 7) is 10.6. The van der Waals surface area contributed by atoms with Gasteiger partial charge in [0.2, 0.25) is 0 Å². The molecule has 0 bridgehead atoms. The first-order valence-electron chi connectivity index (χ1n) is 9.42. The van der Waals surface area contributed by atoms with Gasteiger partial charge in [-0.1, -0.05) is 6.07 Å². The first-order chi connectivity index (χ1) is 12.2. The fraction of sp³-hybridized carbons (Fsp3) is 0.591. The van der Waals surface area contributed by atoms with Crippen LogP contribution in [0.15, 0.2) is 11.8 Å². The van der Waals surface area contributed by atoms with Gasteiger partial charge in [0.25, 0.3) is 5.91 Å². The van der Waals surface area contributed by atoms with Gasteiger partial charge in [-0.05, 0) is 88.1 Å². The van der Waals surface area contributed by atoms with Gasteiger partial charge in [-0.2, -0.15) is 0 Å². The highest BCUT2D eigenvalue weighted by atomic mass is 16.5. The summed E-state index contributed by atoms with van der Waals surface area (Å²) in [5, 5.41) is 3.28. The molecule has 0 saturated heterocycles. The third-order valence-corrected chi connectivity index (χ3v) is 6.71. The lowest BCUT2D eigenvalue weighted by Gasteiger charge is -2.42. The SMILES string of the molecule is COC1=C(c2c(C)cc(C)c(C)c2C)C(=O)NC12CCC(C)(OC)CC2. The maximum absolute atomic E-state index is 13.1. The molecule has 1 aromatic rings. The summed E-state index contributed by atoms with van der Waals surface area (Å²) >= 11 is 0. The lowest BCUT2D eigenvalue weighted by molar-refractivity contribution is -0.117. The molecule has 0 atom stereocenters. The van der Waals surface area contributed by atoms with Crippen molar-refractivity contribution in [1.29, 1.82) is 0 Å². The Morgan fingerprint density at radius 1 is 0.962 bits per heavy atom. The molecule has 1 aliphatic heterocycles. The van der Waals surface area contributed by atoms with Crippen LogP contribution < -0.4 is 5.32 Å². The average Bonchev–Trinajstić information content (AvgIpc) is 2.88. The zero-order valence-electron chi connectivity index (χ0n) is 17.1. The van der Waals surface area contributed by atoms with Gasteiger partial charge in [0.1, 0.15) is 5.76 Å². The van der Waals surface area contributed by atoms with Crippen LogP contribution in [0.5, 0.6) is 0 Å². The molecular weight excluding hydrogens is 326 g/mol. The summed E-state index contributed by atoms with van der Waals surface area (Å²) in [6, 6.07) is 2.17. The Labute approximate surface area is 157 Å². The first kappa shape index (κ1) is 19.0. The van der Waals surface area contributed by atoms with Crippen molar-refractivity contribution in [3.8, 4) is 0 Å². The zero-order chi connectivity index (χ0) is 19.3. The fourth-order valence-corrected chi connectivity index (χ4v) is 4.63. The predicted octanol–water partition coefficient (Wildman–Crippen LogP) is 4.13. The Bertz CT molecular complexity index is 783. The van der Waals surface area contributed by atoms with E-state index in [1.807, 2.05) is 0 Å². The van der Waals surface area contributed by atoms with Gasteiger partial charge in [-0.15, -0.1) is 0 Å². The summed E-state index contributed by atoms with van der Waals surface area (Å²) in [5.41, 5.74) is 5.99. The Morgan fingerprint density at radius 3 is 2.12 bits per heavy atom. The molecule has 1 aromatic carbocycles. The maximum Gasteiger partial charge on any atom is 0.256 e. The Balaban J connectivity index is 2.13. The molecule has 4 nitrogen and oxygen atoms in total. The quantitative estimate of drug-likeness (QED) is 0.885. The van der Waals surface area contributed by atoms with E-state index in [0.29, 0.717) is 5.57 Å². The average molecular weight is 357 g/mol. The minimum Gasteiger partial charge on any atom is -0.498 e. The Kier molecular flexibility index (Phi) is 4.68. The van der Waals surface area contributed by atoms with Crippen LogP contribution in [0.4, 0.5) is 0 Å². The number of rotatable bonds is 3. The topological polar surface area (TPSA) is 47.6 Å². The summed E-state index contributed by atoms with van der Waals surface area (Å²) in [7, 11) is 3.46. The van der Waals surface area contributed by atoms with E-state index in [-0.39, 0.29) is 11.5 Å². The van der Waals surface area contributed by atoms with Gasteiger partial charge >= 0.3 is 0 Å². The van der Waals surface area contributed by atoms with Crippen LogP contribution in [-0.4, -0.2) is 31.3 Å². The minimum absolute atomic E-state index is 0.0164. The molecule has 0 radical (unpaired) electrons.